The van der Waals surface area contributed by atoms with Crippen LogP contribution in [0.25, 0.3) is 5.69 Å². The van der Waals surface area contributed by atoms with E-state index in [4.69, 9.17) is 4.42 Å². The number of oxazole rings is 1. The second kappa shape index (κ2) is 10.6. The number of hydrogen-bond donors (Lipinski definition) is 2. The Kier molecular flexibility index (Phi) is 8.39. The van der Waals surface area contributed by atoms with Gasteiger partial charge in [-0.25, -0.2) is 19.4 Å². The molecule has 2 heterocycles. The predicted molar refractivity (Wildman–Crippen MR) is 126 cm³/mol. The average molecular weight is 526 g/mol. The van der Waals surface area contributed by atoms with Crippen molar-refractivity contribution in [3.63, 3.8) is 0 Å². The number of imidazole rings is 1. The van der Waals surface area contributed by atoms with Crippen molar-refractivity contribution in [2.24, 2.45) is 4.99 Å². The molecule has 0 aliphatic carbocycles. The molecule has 0 amide bonds. The van der Waals surface area contributed by atoms with Crippen molar-refractivity contribution in [1.82, 2.24) is 25.2 Å². The highest BCUT2D eigenvalue weighted by Gasteiger charge is 2.19. The molecule has 0 atom stereocenters. The summed E-state index contributed by atoms with van der Waals surface area (Å²) in [6.45, 7) is 9.68. The van der Waals surface area contributed by atoms with Gasteiger partial charge in [0.25, 0.3) is 0 Å². The number of guanidine groups is 1. The molecule has 162 valence electrons. The van der Waals surface area contributed by atoms with E-state index < -0.39 is 0 Å². The molecule has 30 heavy (non-hydrogen) atoms. The fourth-order valence-electron chi connectivity index (χ4n) is 2.67. The molecule has 9 heteroatoms. The number of nitrogens with zero attached hydrogens (tertiary/aromatic N) is 4. The van der Waals surface area contributed by atoms with Gasteiger partial charge in [0, 0.05) is 24.4 Å². The van der Waals surface area contributed by atoms with Gasteiger partial charge in [-0.3, -0.25) is 0 Å². The summed E-state index contributed by atoms with van der Waals surface area (Å²) in [5.74, 6) is 1.73. The van der Waals surface area contributed by atoms with Crippen molar-refractivity contribution < 1.29 is 8.81 Å². The van der Waals surface area contributed by atoms with Crippen LogP contribution < -0.4 is 10.6 Å². The molecule has 0 aliphatic heterocycles. The summed E-state index contributed by atoms with van der Waals surface area (Å²) in [6.07, 6.45) is 6.64. The van der Waals surface area contributed by atoms with E-state index in [1.54, 1.807) is 35.6 Å². The van der Waals surface area contributed by atoms with Crippen LogP contribution in [0.1, 0.15) is 44.9 Å². The SMILES string of the molecule is CCNC(=NCc1ccc(-n2ccnc2)c(F)c1)NCc1ncc(C(C)(C)C)o1.I. The predicted octanol–water partition coefficient (Wildman–Crippen LogP) is 4.17. The fraction of sp³-hybridized carbons (Fsp3) is 0.381. The van der Waals surface area contributed by atoms with E-state index >= 15 is 0 Å². The summed E-state index contributed by atoms with van der Waals surface area (Å²) in [5, 5.41) is 6.37. The van der Waals surface area contributed by atoms with Crippen LogP contribution in [0.5, 0.6) is 0 Å². The first kappa shape index (κ1) is 23.8. The monoisotopic (exact) mass is 526 g/mol. The summed E-state index contributed by atoms with van der Waals surface area (Å²) in [5.41, 5.74) is 1.14. The molecule has 0 saturated carbocycles. The van der Waals surface area contributed by atoms with Gasteiger partial charge >= 0.3 is 0 Å². The zero-order chi connectivity index (χ0) is 20.9. The van der Waals surface area contributed by atoms with Crippen molar-refractivity contribution in [3.8, 4) is 5.69 Å². The molecule has 1 aromatic carbocycles. The van der Waals surface area contributed by atoms with E-state index in [2.05, 4.69) is 46.4 Å². The molecule has 0 bridgehead atoms. The lowest BCUT2D eigenvalue weighted by Crippen LogP contribution is -2.36. The second-order valence-corrected chi connectivity index (χ2v) is 7.67. The van der Waals surface area contributed by atoms with Gasteiger partial charge in [-0.05, 0) is 24.6 Å². The number of nitrogens with one attached hydrogen (secondary N) is 2. The normalized spacial score (nSPS) is 11.8. The van der Waals surface area contributed by atoms with Crippen molar-refractivity contribution in [1.29, 1.82) is 0 Å². The van der Waals surface area contributed by atoms with Gasteiger partial charge < -0.3 is 19.6 Å². The smallest absolute Gasteiger partial charge is 0.213 e. The number of aromatic nitrogens is 3. The lowest BCUT2D eigenvalue weighted by molar-refractivity contribution is 0.379. The molecule has 7 nitrogen and oxygen atoms in total. The maximum atomic E-state index is 14.4. The maximum Gasteiger partial charge on any atom is 0.213 e. The van der Waals surface area contributed by atoms with E-state index in [9.17, 15) is 4.39 Å². The van der Waals surface area contributed by atoms with Gasteiger partial charge in [-0.1, -0.05) is 26.8 Å². The molecule has 0 radical (unpaired) electrons. The van der Waals surface area contributed by atoms with Gasteiger partial charge in [0.15, 0.2) is 5.96 Å². The third-order valence-corrected chi connectivity index (χ3v) is 4.26. The van der Waals surface area contributed by atoms with Crippen molar-refractivity contribution in [2.45, 2.75) is 46.2 Å². The van der Waals surface area contributed by atoms with Crippen LogP contribution >= 0.6 is 24.0 Å². The highest BCUT2D eigenvalue weighted by molar-refractivity contribution is 14.0. The minimum atomic E-state index is -0.317. The summed E-state index contributed by atoms with van der Waals surface area (Å²) in [4.78, 5) is 12.8. The maximum absolute atomic E-state index is 14.4. The van der Waals surface area contributed by atoms with E-state index in [1.807, 2.05) is 13.0 Å². The molecule has 0 fully saturated rings. The summed E-state index contributed by atoms with van der Waals surface area (Å²) in [6, 6.07) is 5.07. The van der Waals surface area contributed by atoms with Crippen LogP contribution in [-0.2, 0) is 18.5 Å². The minimum Gasteiger partial charge on any atom is -0.443 e. The van der Waals surface area contributed by atoms with Gasteiger partial charge in [0.05, 0.1) is 31.3 Å². The highest BCUT2D eigenvalue weighted by Crippen LogP contribution is 2.22. The Morgan fingerprint density at radius 3 is 2.67 bits per heavy atom. The first-order chi connectivity index (χ1) is 13.9. The Labute approximate surface area is 193 Å². The Hall–Kier alpha value is -2.43. The number of benzene rings is 1. The number of halogens is 2. The van der Waals surface area contributed by atoms with Gasteiger partial charge in [0.2, 0.25) is 5.89 Å². The zero-order valence-corrected chi connectivity index (χ0v) is 20.0. The lowest BCUT2D eigenvalue weighted by atomic mass is 9.94. The molecule has 0 aliphatic rings. The first-order valence-electron chi connectivity index (χ1n) is 9.61. The van der Waals surface area contributed by atoms with Gasteiger partial charge in [-0.15, -0.1) is 24.0 Å². The Bertz CT molecular complexity index is 962. The quantitative estimate of drug-likeness (QED) is 0.287. The molecule has 0 spiro atoms. The third kappa shape index (κ3) is 6.28. The summed E-state index contributed by atoms with van der Waals surface area (Å²) in [7, 11) is 0. The van der Waals surface area contributed by atoms with Crippen LogP contribution in [0.4, 0.5) is 4.39 Å². The Morgan fingerprint density at radius 2 is 2.07 bits per heavy atom. The molecular formula is C21H28FIN6O. The topological polar surface area (TPSA) is 80.3 Å². The number of hydrogen-bond acceptors (Lipinski definition) is 4. The molecule has 3 aromatic rings. The van der Waals surface area contributed by atoms with Crippen LogP contribution in [0.3, 0.4) is 0 Å². The zero-order valence-electron chi connectivity index (χ0n) is 17.6. The van der Waals surface area contributed by atoms with Crippen LogP contribution in [0.15, 0.2) is 52.5 Å². The molecular weight excluding hydrogens is 498 g/mol. The number of rotatable bonds is 6. The van der Waals surface area contributed by atoms with E-state index in [1.165, 1.54) is 6.07 Å². The summed E-state index contributed by atoms with van der Waals surface area (Å²) >= 11 is 0. The van der Waals surface area contributed by atoms with Crippen molar-refractivity contribution in [2.75, 3.05) is 6.54 Å². The largest absolute Gasteiger partial charge is 0.443 e. The Balaban J connectivity index is 0.00000320. The van der Waals surface area contributed by atoms with E-state index in [0.29, 0.717) is 37.2 Å². The second-order valence-electron chi connectivity index (χ2n) is 7.67. The van der Waals surface area contributed by atoms with Gasteiger partial charge in [0.1, 0.15) is 11.6 Å². The van der Waals surface area contributed by atoms with Crippen LogP contribution in [-0.4, -0.2) is 27.0 Å². The lowest BCUT2D eigenvalue weighted by Gasteiger charge is -2.13. The molecule has 3 rings (SSSR count). The van der Waals surface area contributed by atoms with Crippen molar-refractivity contribution in [3.05, 3.63) is 66.1 Å². The van der Waals surface area contributed by atoms with Crippen LogP contribution in [0, 0.1) is 5.82 Å². The molecule has 0 unspecified atom stereocenters. The average Bonchev–Trinajstić information content (AvgIpc) is 3.35. The van der Waals surface area contributed by atoms with Crippen molar-refractivity contribution >= 4 is 29.9 Å². The molecule has 2 aromatic heterocycles. The summed E-state index contributed by atoms with van der Waals surface area (Å²) < 4.78 is 21.8. The minimum absolute atomic E-state index is 0. The number of aliphatic imine (C=N–C) groups is 1. The Morgan fingerprint density at radius 1 is 1.27 bits per heavy atom. The fourth-order valence-corrected chi connectivity index (χ4v) is 2.67. The molecule has 2 N–H and O–H groups in total. The third-order valence-electron chi connectivity index (χ3n) is 4.26. The van der Waals surface area contributed by atoms with Crippen LogP contribution in [0.2, 0.25) is 0 Å². The highest BCUT2D eigenvalue weighted by atomic mass is 127. The molecule has 0 saturated heterocycles. The van der Waals surface area contributed by atoms with E-state index in [-0.39, 0.29) is 35.2 Å². The standard InChI is InChI=1S/C21H27FN6O.HI/c1-5-24-20(27-13-19-25-12-18(29-19)21(2,3)4)26-11-15-6-7-17(16(22)10-15)28-9-8-23-14-28;/h6-10,12,14H,5,11,13H2,1-4H3,(H2,24,26,27);1H. The van der Waals surface area contributed by atoms with E-state index in [0.717, 1.165) is 11.3 Å². The van der Waals surface area contributed by atoms with Gasteiger partial charge in [-0.2, -0.15) is 0 Å². The first-order valence-corrected chi connectivity index (χ1v) is 9.61.